The van der Waals surface area contributed by atoms with Crippen LogP contribution in [0.3, 0.4) is 0 Å². The molecule has 158 valence electrons. The number of hydrogen-bond donors (Lipinski definition) is 2. The molecule has 0 saturated carbocycles. The summed E-state index contributed by atoms with van der Waals surface area (Å²) in [6, 6.07) is 17.5. The van der Waals surface area contributed by atoms with Crippen molar-refractivity contribution in [1.82, 2.24) is 9.71 Å². The molecule has 1 heterocycles. The number of aromatic nitrogens is 2. The second-order valence-corrected chi connectivity index (χ2v) is 6.86. The lowest BCUT2D eigenvalue weighted by Crippen LogP contribution is -2.07. The Morgan fingerprint density at radius 2 is 1.72 bits per heavy atom. The average molecular weight is 428 g/mol. The Hall–Kier alpha value is -4.79. The van der Waals surface area contributed by atoms with Gasteiger partial charge in [0.2, 0.25) is 5.91 Å². The quantitative estimate of drug-likeness (QED) is 0.155. The number of nitro groups is 1. The van der Waals surface area contributed by atoms with Gasteiger partial charge in [-0.3, -0.25) is 19.7 Å². The minimum Gasteiger partial charge on any atom is -0.426 e. The highest BCUT2D eigenvalue weighted by Gasteiger charge is 2.15. The number of imidazole rings is 1. The Morgan fingerprint density at radius 3 is 2.38 bits per heavy atom. The van der Waals surface area contributed by atoms with Crippen LogP contribution in [0.2, 0.25) is 0 Å². The first kappa shape index (κ1) is 20.5. The number of anilines is 1. The number of hydrogen-bond acceptors (Lipinski definition) is 6. The van der Waals surface area contributed by atoms with Crippen LogP contribution in [0.25, 0.3) is 28.5 Å². The standard InChI is InChI=1S/C23H16N4O5/c28-14-16-3-1-15(2-4-16)5-12-22(29)24-18-8-6-17(7-9-18)23-25-20-11-10-19(27(31)32)13-21(20)26(23)30/h1-14,30H,(H,24,29)/b12-5+. The third-order valence-electron chi connectivity index (χ3n) is 4.74. The van der Waals surface area contributed by atoms with Gasteiger partial charge < -0.3 is 10.5 Å². The average Bonchev–Trinajstić information content (AvgIpc) is 3.14. The van der Waals surface area contributed by atoms with Gasteiger partial charge in [0.05, 0.1) is 10.4 Å². The molecule has 0 aliphatic rings. The molecule has 4 rings (SSSR count). The van der Waals surface area contributed by atoms with Crippen molar-refractivity contribution in [3.05, 3.63) is 94.0 Å². The monoisotopic (exact) mass is 428 g/mol. The summed E-state index contributed by atoms with van der Waals surface area (Å²) in [5.74, 6) is -0.115. The maximum Gasteiger partial charge on any atom is 0.271 e. The first-order chi connectivity index (χ1) is 15.4. The Balaban J connectivity index is 1.48. The molecule has 0 spiro atoms. The van der Waals surface area contributed by atoms with E-state index in [4.69, 9.17) is 0 Å². The fraction of sp³-hybridized carbons (Fsp3) is 0. The molecule has 1 aromatic heterocycles. The lowest BCUT2D eigenvalue weighted by molar-refractivity contribution is -0.384. The fourth-order valence-corrected chi connectivity index (χ4v) is 3.10. The largest absolute Gasteiger partial charge is 0.426 e. The van der Waals surface area contributed by atoms with Gasteiger partial charge in [0.25, 0.3) is 5.69 Å². The molecule has 0 aliphatic heterocycles. The molecule has 9 heteroatoms. The normalized spacial score (nSPS) is 11.0. The number of nitrogens with zero attached hydrogens (tertiary/aromatic N) is 3. The second kappa shape index (κ2) is 8.52. The van der Waals surface area contributed by atoms with Gasteiger partial charge in [-0.25, -0.2) is 4.98 Å². The minimum atomic E-state index is -0.543. The SMILES string of the molecule is O=Cc1ccc(/C=C/C(=O)Nc2ccc(-c3nc4ccc([N+](=O)[O-])cc4n3O)cc2)cc1. The van der Waals surface area contributed by atoms with Gasteiger partial charge in [0.1, 0.15) is 11.8 Å². The predicted molar refractivity (Wildman–Crippen MR) is 119 cm³/mol. The predicted octanol–water partition coefficient (Wildman–Crippen LogP) is 4.31. The number of fused-ring (bicyclic) bond motifs is 1. The molecule has 3 aromatic carbocycles. The van der Waals surface area contributed by atoms with Gasteiger partial charge in [0, 0.05) is 35.0 Å². The molecule has 0 aliphatic carbocycles. The molecule has 0 unspecified atom stereocenters. The van der Waals surface area contributed by atoms with Crippen LogP contribution in [0.1, 0.15) is 15.9 Å². The number of rotatable bonds is 6. The molecule has 4 aromatic rings. The highest BCUT2D eigenvalue weighted by molar-refractivity contribution is 6.02. The first-order valence-electron chi connectivity index (χ1n) is 9.45. The van der Waals surface area contributed by atoms with E-state index in [2.05, 4.69) is 10.3 Å². The van der Waals surface area contributed by atoms with Crippen molar-refractivity contribution < 1.29 is 19.7 Å². The number of nitrogens with one attached hydrogen (secondary N) is 1. The minimum absolute atomic E-state index is 0.148. The summed E-state index contributed by atoms with van der Waals surface area (Å²) in [5, 5.41) is 24.1. The highest BCUT2D eigenvalue weighted by Crippen LogP contribution is 2.27. The van der Waals surface area contributed by atoms with Crippen LogP contribution in [-0.2, 0) is 4.79 Å². The zero-order valence-corrected chi connectivity index (χ0v) is 16.5. The molecule has 0 fully saturated rings. The number of nitro benzene ring substituents is 1. The van der Waals surface area contributed by atoms with E-state index in [1.807, 2.05) is 0 Å². The number of non-ortho nitro benzene ring substituents is 1. The number of aldehydes is 1. The number of amides is 1. The number of carbonyl (C=O) groups is 2. The van der Waals surface area contributed by atoms with Gasteiger partial charge >= 0.3 is 0 Å². The topological polar surface area (TPSA) is 127 Å². The summed E-state index contributed by atoms with van der Waals surface area (Å²) in [6.45, 7) is 0. The van der Waals surface area contributed by atoms with Gasteiger partial charge in [-0.1, -0.05) is 24.3 Å². The molecular formula is C23H16N4O5. The molecule has 1 amide bonds. The first-order valence-corrected chi connectivity index (χ1v) is 9.45. The molecule has 0 atom stereocenters. The molecule has 0 bridgehead atoms. The van der Waals surface area contributed by atoms with Crippen LogP contribution >= 0.6 is 0 Å². The van der Waals surface area contributed by atoms with E-state index in [1.165, 1.54) is 24.3 Å². The van der Waals surface area contributed by atoms with E-state index in [9.17, 15) is 24.9 Å². The Morgan fingerprint density at radius 1 is 1.03 bits per heavy atom. The second-order valence-electron chi connectivity index (χ2n) is 6.86. The highest BCUT2D eigenvalue weighted by atomic mass is 16.6. The van der Waals surface area contributed by atoms with E-state index in [0.29, 0.717) is 22.3 Å². The van der Waals surface area contributed by atoms with Gasteiger partial charge in [-0.15, -0.1) is 0 Å². The van der Waals surface area contributed by atoms with Gasteiger partial charge in [-0.05, 0) is 42.0 Å². The number of carbonyl (C=O) groups excluding carboxylic acids is 2. The van der Waals surface area contributed by atoms with Crippen molar-refractivity contribution in [2.24, 2.45) is 0 Å². The molecular weight excluding hydrogens is 412 g/mol. The molecule has 0 radical (unpaired) electrons. The number of benzene rings is 3. The van der Waals surface area contributed by atoms with Crippen LogP contribution in [-0.4, -0.2) is 32.0 Å². The lowest BCUT2D eigenvalue weighted by atomic mass is 10.1. The summed E-state index contributed by atoms with van der Waals surface area (Å²) in [4.78, 5) is 37.6. The van der Waals surface area contributed by atoms with Gasteiger partial charge in [0.15, 0.2) is 5.82 Å². The Bertz CT molecular complexity index is 1360. The third kappa shape index (κ3) is 4.21. The van der Waals surface area contributed by atoms with Crippen LogP contribution in [0.5, 0.6) is 0 Å². The van der Waals surface area contributed by atoms with Crippen LogP contribution < -0.4 is 5.32 Å². The molecule has 0 saturated heterocycles. The fourth-order valence-electron chi connectivity index (χ4n) is 3.10. The van der Waals surface area contributed by atoms with Crippen molar-refractivity contribution >= 4 is 40.7 Å². The van der Waals surface area contributed by atoms with E-state index >= 15 is 0 Å². The summed E-state index contributed by atoms with van der Waals surface area (Å²) in [6.07, 6.45) is 3.76. The lowest BCUT2D eigenvalue weighted by Gasteiger charge is -2.05. The van der Waals surface area contributed by atoms with Crippen molar-refractivity contribution in [2.45, 2.75) is 0 Å². The molecule has 32 heavy (non-hydrogen) atoms. The van der Waals surface area contributed by atoms with E-state index in [0.717, 1.165) is 16.6 Å². The maximum atomic E-state index is 12.2. The summed E-state index contributed by atoms with van der Waals surface area (Å²) in [5.41, 5.74) is 2.93. The molecule has 9 nitrogen and oxygen atoms in total. The van der Waals surface area contributed by atoms with Crippen molar-refractivity contribution in [3.63, 3.8) is 0 Å². The van der Waals surface area contributed by atoms with E-state index in [1.54, 1.807) is 54.6 Å². The molecule has 2 N–H and O–H groups in total. The Kier molecular flexibility index (Phi) is 5.45. The summed E-state index contributed by atoms with van der Waals surface area (Å²) < 4.78 is 0.800. The third-order valence-corrected chi connectivity index (χ3v) is 4.74. The smallest absolute Gasteiger partial charge is 0.271 e. The Labute approximate surface area is 181 Å². The van der Waals surface area contributed by atoms with E-state index < -0.39 is 4.92 Å². The van der Waals surface area contributed by atoms with Crippen LogP contribution in [0.15, 0.2) is 72.8 Å². The summed E-state index contributed by atoms with van der Waals surface area (Å²) in [7, 11) is 0. The van der Waals surface area contributed by atoms with Crippen LogP contribution in [0.4, 0.5) is 11.4 Å². The van der Waals surface area contributed by atoms with Crippen molar-refractivity contribution in [2.75, 3.05) is 5.32 Å². The van der Waals surface area contributed by atoms with E-state index in [-0.39, 0.29) is 22.9 Å². The zero-order chi connectivity index (χ0) is 22.7. The van der Waals surface area contributed by atoms with Crippen LogP contribution in [0, 0.1) is 10.1 Å². The zero-order valence-electron chi connectivity index (χ0n) is 16.5. The van der Waals surface area contributed by atoms with Gasteiger partial charge in [-0.2, -0.15) is 4.73 Å². The van der Waals surface area contributed by atoms with Crippen molar-refractivity contribution in [1.29, 1.82) is 0 Å². The van der Waals surface area contributed by atoms with Crippen molar-refractivity contribution in [3.8, 4) is 11.4 Å². The maximum absolute atomic E-state index is 12.2. The summed E-state index contributed by atoms with van der Waals surface area (Å²) >= 11 is 0.